The Kier molecular flexibility index (Phi) is 3.65. The molecule has 1 aromatic heterocycles. The number of carboxylic acid groups (broad SMARTS) is 1. The summed E-state index contributed by atoms with van der Waals surface area (Å²) < 4.78 is 31.0. The lowest BCUT2D eigenvalue weighted by Crippen LogP contribution is -2.08. The predicted octanol–water partition coefficient (Wildman–Crippen LogP) is 2.03. The van der Waals surface area contributed by atoms with E-state index in [1.165, 1.54) is 0 Å². The van der Waals surface area contributed by atoms with E-state index in [1.54, 1.807) is 0 Å². The third kappa shape index (κ3) is 3.21. The first-order chi connectivity index (χ1) is 9.06. The molecule has 1 heterocycles. The molecule has 0 atom stereocenters. The number of carbonyl (C=O) groups is 1. The number of nitrogens with zero attached hydrogens (tertiary/aromatic N) is 2. The molecule has 5 nitrogen and oxygen atoms in total. The van der Waals surface area contributed by atoms with Crippen LogP contribution in [0.5, 0.6) is 5.75 Å². The topological polar surface area (TPSA) is 72.3 Å². The van der Waals surface area contributed by atoms with Crippen molar-refractivity contribution >= 4 is 5.97 Å². The van der Waals surface area contributed by atoms with Crippen LogP contribution in [0, 0.1) is 11.6 Å². The number of hydrogen-bond donors (Lipinski definition) is 1. The number of benzene rings is 1. The summed E-state index contributed by atoms with van der Waals surface area (Å²) in [5, 5.41) is 8.90. The van der Waals surface area contributed by atoms with Crippen LogP contribution < -0.4 is 4.74 Å². The Morgan fingerprint density at radius 3 is 2.58 bits per heavy atom. The van der Waals surface area contributed by atoms with E-state index in [0.29, 0.717) is 6.07 Å². The molecule has 0 unspecified atom stereocenters. The van der Waals surface area contributed by atoms with Crippen LogP contribution >= 0.6 is 0 Å². The summed E-state index contributed by atoms with van der Waals surface area (Å²) in [5.41, 5.74) is -0.00783. The number of halogens is 2. The second kappa shape index (κ2) is 5.38. The van der Waals surface area contributed by atoms with Gasteiger partial charge < -0.3 is 9.84 Å². The van der Waals surface area contributed by atoms with Crippen molar-refractivity contribution in [1.29, 1.82) is 0 Å². The SMILES string of the molecule is O=C(O)c1cncnc1COc1cc(F)cc(F)c1. The molecule has 0 aliphatic rings. The van der Waals surface area contributed by atoms with Gasteiger partial charge in [0.15, 0.2) is 0 Å². The monoisotopic (exact) mass is 266 g/mol. The number of rotatable bonds is 4. The van der Waals surface area contributed by atoms with Gasteiger partial charge in [0.2, 0.25) is 0 Å². The van der Waals surface area contributed by atoms with Gasteiger partial charge in [0.25, 0.3) is 0 Å². The molecule has 0 radical (unpaired) electrons. The zero-order chi connectivity index (χ0) is 13.8. The lowest BCUT2D eigenvalue weighted by Gasteiger charge is -2.07. The van der Waals surface area contributed by atoms with E-state index < -0.39 is 17.6 Å². The maximum atomic E-state index is 12.9. The summed E-state index contributed by atoms with van der Waals surface area (Å²) >= 11 is 0. The Labute approximate surface area is 106 Å². The van der Waals surface area contributed by atoms with E-state index in [2.05, 4.69) is 9.97 Å². The first kappa shape index (κ1) is 12.9. The molecule has 0 amide bonds. The van der Waals surface area contributed by atoms with Crippen LogP contribution in [0.2, 0.25) is 0 Å². The van der Waals surface area contributed by atoms with Crippen molar-refractivity contribution in [3.8, 4) is 5.75 Å². The quantitative estimate of drug-likeness (QED) is 0.916. The van der Waals surface area contributed by atoms with Gasteiger partial charge in [-0.15, -0.1) is 0 Å². The van der Waals surface area contributed by atoms with Crippen molar-refractivity contribution in [2.45, 2.75) is 6.61 Å². The van der Waals surface area contributed by atoms with Gasteiger partial charge in [-0.1, -0.05) is 0 Å². The van der Waals surface area contributed by atoms with Crippen LogP contribution in [0.15, 0.2) is 30.7 Å². The smallest absolute Gasteiger partial charge is 0.339 e. The molecule has 1 N–H and O–H groups in total. The minimum atomic E-state index is -1.20. The second-order valence-electron chi connectivity index (χ2n) is 3.58. The van der Waals surface area contributed by atoms with Gasteiger partial charge >= 0.3 is 5.97 Å². The fourth-order valence-corrected chi connectivity index (χ4v) is 1.41. The largest absolute Gasteiger partial charge is 0.487 e. The summed E-state index contributed by atoms with van der Waals surface area (Å²) in [5.74, 6) is -2.82. The molecule has 0 aliphatic heterocycles. The summed E-state index contributed by atoms with van der Waals surface area (Å²) in [6, 6.07) is 2.69. The van der Waals surface area contributed by atoms with E-state index in [9.17, 15) is 13.6 Å². The molecule has 0 saturated heterocycles. The molecule has 2 aromatic rings. The van der Waals surface area contributed by atoms with Crippen molar-refractivity contribution in [3.05, 3.63) is 53.6 Å². The second-order valence-corrected chi connectivity index (χ2v) is 3.58. The van der Waals surface area contributed by atoms with Crippen molar-refractivity contribution < 1.29 is 23.4 Å². The molecule has 2 rings (SSSR count). The number of ether oxygens (including phenoxy) is 1. The standard InChI is InChI=1S/C12H8F2N2O3/c13-7-1-8(14)3-9(2-7)19-5-11-10(12(17)18)4-15-6-16-11/h1-4,6H,5H2,(H,17,18). The third-order valence-electron chi connectivity index (χ3n) is 2.24. The molecule has 0 spiro atoms. The summed E-state index contributed by atoms with van der Waals surface area (Å²) in [6.07, 6.45) is 2.29. The average molecular weight is 266 g/mol. The zero-order valence-electron chi connectivity index (χ0n) is 9.51. The van der Waals surface area contributed by atoms with E-state index in [0.717, 1.165) is 24.7 Å². The summed E-state index contributed by atoms with van der Waals surface area (Å²) in [7, 11) is 0. The molecule has 19 heavy (non-hydrogen) atoms. The normalized spacial score (nSPS) is 10.2. The van der Waals surface area contributed by atoms with Gasteiger partial charge in [-0.25, -0.2) is 23.5 Å². The van der Waals surface area contributed by atoms with E-state index >= 15 is 0 Å². The molecule has 0 aliphatic carbocycles. The minimum absolute atomic E-state index is 0.0487. The zero-order valence-corrected chi connectivity index (χ0v) is 9.51. The van der Waals surface area contributed by atoms with Crippen LogP contribution in [-0.2, 0) is 6.61 Å². The number of carboxylic acids is 1. The lowest BCUT2D eigenvalue weighted by molar-refractivity contribution is 0.0692. The average Bonchev–Trinajstić information content (AvgIpc) is 2.35. The van der Waals surface area contributed by atoms with Crippen molar-refractivity contribution in [2.24, 2.45) is 0 Å². The van der Waals surface area contributed by atoms with Gasteiger partial charge in [-0.05, 0) is 0 Å². The Morgan fingerprint density at radius 1 is 1.26 bits per heavy atom. The highest BCUT2D eigenvalue weighted by Crippen LogP contribution is 2.17. The summed E-state index contributed by atoms with van der Waals surface area (Å²) in [4.78, 5) is 18.2. The first-order valence-corrected chi connectivity index (χ1v) is 5.17. The Bertz CT molecular complexity index is 599. The number of aromatic carboxylic acids is 1. The van der Waals surface area contributed by atoms with Gasteiger partial charge in [-0.3, -0.25) is 0 Å². The van der Waals surface area contributed by atoms with Gasteiger partial charge in [0.05, 0.1) is 5.69 Å². The maximum Gasteiger partial charge on any atom is 0.339 e. The van der Waals surface area contributed by atoms with Crippen LogP contribution in [0.1, 0.15) is 16.1 Å². The molecular formula is C12H8F2N2O3. The molecular weight excluding hydrogens is 258 g/mol. The molecule has 7 heteroatoms. The van der Waals surface area contributed by atoms with Gasteiger partial charge in [0.1, 0.15) is 35.9 Å². The molecule has 1 aromatic carbocycles. The van der Waals surface area contributed by atoms with Crippen LogP contribution in [-0.4, -0.2) is 21.0 Å². The highest BCUT2D eigenvalue weighted by atomic mass is 19.1. The molecule has 0 saturated carbocycles. The Morgan fingerprint density at radius 2 is 1.95 bits per heavy atom. The molecule has 98 valence electrons. The number of aromatic nitrogens is 2. The van der Waals surface area contributed by atoms with Crippen molar-refractivity contribution in [3.63, 3.8) is 0 Å². The van der Waals surface area contributed by atoms with E-state index in [1.807, 2.05) is 0 Å². The Balaban J connectivity index is 2.16. The summed E-state index contributed by atoms with van der Waals surface area (Å²) in [6.45, 7) is -0.229. The lowest BCUT2D eigenvalue weighted by atomic mass is 10.2. The van der Waals surface area contributed by atoms with Crippen molar-refractivity contribution in [2.75, 3.05) is 0 Å². The van der Waals surface area contributed by atoms with Gasteiger partial charge in [-0.2, -0.15) is 0 Å². The van der Waals surface area contributed by atoms with Crippen LogP contribution in [0.3, 0.4) is 0 Å². The van der Waals surface area contributed by atoms with Gasteiger partial charge in [0, 0.05) is 24.4 Å². The number of hydrogen-bond acceptors (Lipinski definition) is 4. The van der Waals surface area contributed by atoms with Crippen LogP contribution in [0.25, 0.3) is 0 Å². The molecule has 0 fully saturated rings. The van der Waals surface area contributed by atoms with E-state index in [-0.39, 0.29) is 23.6 Å². The fraction of sp³-hybridized carbons (Fsp3) is 0.0833. The van der Waals surface area contributed by atoms with Crippen molar-refractivity contribution in [1.82, 2.24) is 9.97 Å². The highest BCUT2D eigenvalue weighted by molar-refractivity contribution is 5.88. The minimum Gasteiger partial charge on any atom is -0.487 e. The maximum absolute atomic E-state index is 12.9. The molecule has 0 bridgehead atoms. The fourth-order valence-electron chi connectivity index (χ4n) is 1.41. The third-order valence-corrected chi connectivity index (χ3v) is 2.24. The highest BCUT2D eigenvalue weighted by Gasteiger charge is 2.12. The first-order valence-electron chi connectivity index (χ1n) is 5.17. The van der Waals surface area contributed by atoms with E-state index in [4.69, 9.17) is 9.84 Å². The van der Waals surface area contributed by atoms with Crippen LogP contribution in [0.4, 0.5) is 8.78 Å². The Hall–Kier alpha value is -2.57. The predicted molar refractivity (Wildman–Crippen MR) is 59.7 cm³/mol.